The molecule has 7 heteroatoms. The quantitative estimate of drug-likeness (QED) is 0.471. The van der Waals surface area contributed by atoms with Crippen LogP contribution in [0, 0.1) is 0 Å². The minimum atomic E-state index is 0.00305. The third kappa shape index (κ3) is 7.16. The first-order valence-corrected chi connectivity index (χ1v) is 10.4. The third-order valence-electron chi connectivity index (χ3n) is 4.22. The number of benzene rings is 2. The fourth-order valence-electron chi connectivity index (χ4n) is 2.77. The molecule has 6 nitrogen and oxygen atoms in total. The van der Waals surface area contributed by atoms with Crippen LogP contribution in [0.5, 0.6) is 23.0 Å². The second kappa shape index (κ2) is 12.2. The Labute approximate surface area is 180 Å². The zero-order valence-electron chi connectivity index (χ0n) is 17.1. The molecule has 1 N–H and O–H groups in total. The number of methoxy groups -OCH3 is 2. The SMILES string of the molecule is CCOc1ccccc1OCCCC(=O)NCCc1cc(OC)c(OC)cc1Br. The Balaban J connectivity index is 1.72. The van der Waals surface area contributed by atoms with Crippen LogP contribution in [0.15, 0.2) is 40.9 Å². The van der Waals surface area contributed by atoms with E-state index >= 15 is 0 Å². The fraction of sp³-hybridized carbons (Fsp3) is 0.409. The molecule has 0 unspecified atom stereocenters. The summed E-state index contributed by atoms with van der Waals surface area (Å²) in [5.74, 6) is 2.76. The Hall–Kier alpha value is -2.41. The molecule has 0 radical (unpaired) electrons. The van der Waals surface area contributed by atoms with Gasteiger partial charge in [-0.2, -0.15) is 0 Å². The van der Waals surface area contributed by atoms with Gasteiger partial charge in [-0.05, 0) is 49.6 Å². The fourth-order valence-corrected chi connectivity index (χ4v) is 3.29. The molecule has 158 valence electrons. The second-order valence-electron chi connectivity index (χ2n) is 6.23. The standard InChI is InChI=1S/C22H28BrNO5/c1-4-28-18-8-5-6-9-19(18)29-13-7-10-22(25)24-12-11-16-14-20(26-2)21(27-3)15-17(16)23/h5-6,8-9,14-15H,4,7,10-13H2,1-3H3,(H,24,25). The summed E-state index contributed by atoms with van der Waals surface area (Å²) in [4.78, 5) is 12.1. The number of para-hydroxylation sites is 2. The average molecular weight is 466 g/mol. The Bertz CT molecular complexity index is 797. The molecule has 0 saturated carbocycles. The topological polar surface area (TPSA) is 66.0 Å². The normalized spacial score (nSPS) is 10.3. The first-order valence-electron chi connectivity index (χ1n) is 9.60. The summed E-state index contributed by atoms with van der Waals surface area (Å²) >= 11 is 3.53. The van der Waals surface area contributed by atoms with E-state index in [4.69, 9.17) is 18.9 Å². The van der Waals surface area contributed by atoms with E-state index in [0.717, 1.165) is 15.8 Å². The number of nitrogens with one attached hydrogen (secondary N) is 1. The van der Waals surface area contributed by atoms with Crippen molar-refractivity contribution >= 4 is 21.8 Å². The molecule has 29 heavy (non-hydrogen) atoms. The summed E-state index contributed by atoms with van der Waals surface area (Å²) in [6, 6.07) is 11.3. The van der Waals surface area contributed by atoms with Crippen LogP contribution in [0.1, 0.15) is 25.3 Å². The van der Waals surface area contributed by atoms with Gasteiger partial charge in [0.15, 0.2) is 23.0 Å². The maximum atomic E-state index is 12.1. The number of halogens is 1. The highest BCUT2D eigenvalue weighted by Crippen LogP contribution is 2.33. The summed E-state index contributed by atoms with van der Waals surface area (Å²) in [7, 11) is 3.20. The molecule has 0 atom stereocenters. The molecular formula is C22H28BrNO5. The highest BCUT2D eigenvalue weighted by Gasteiger charge is 2.10. The Morgan fingerprint density at radius 3 is 2.31 bits per heavy atom. The van der Waals surface area contributed by atoms with Gasteiger partial charge in [-0.15, -0.1) is 0 Å². The number of amides is 1. The summed E-state index contributed by atoms with van der Waals surface area (Å²) in [5.41, 5.74) is 1.04. The lowest BCUT2D eigenvalue weighted by molar-refractivity contribution is -0.121. The van der Waals surface area contributed by atoms with Crippen LogP contribution in [0.4, 0.5) is 0 Å². The van der Waals surface area contributed by atoms with Crippen molar-refractivity contribution in [1.29, 1.82) is 0 Å². The lowest BCUT2D eigenvalue weighted by atomic mass is 10.1. The Morgan fingerprint density at radius 1 is 1.00 bits per heavy atom. The van der Waals surface area contributed by atoms with Gasteiger partial charge in [-0.3, -0.25) is 4.79 Å². The van der Waals surface area contributed by atoms with Crippen LogP contribution >= 0.6 is 15.9 Å². The van der Waals surface area contributed by atoms with E-state index < -0.39 is 0 Å². The summed E-state index contributed by atoms with van der Waals surface area (Å²) in [6.45, 7) is 3.51. The summed E-state index contributed by atoms with van der Waals surface area (Å²) < 4.78 is 22.8. The molecule has 2 aromatic carbocycles. The molecular weight excluding hydrogens is 438 g/mol. The summed E-state index contributed by atoms with van der Waals surface area (Å²) in [5, 5.41) is 2.94. The maximum Gasteiger partial charge on any atom is 0.220 e. The first-order chi connectivity index (χ1) is 14.1. The number of hydrogen-bond acceptors (Lipinski definition) is 5. The van der Waals surface area contributed by atoms with Gasteiger partial charge in [-0.1, -0.05) is 28.1 Å². The van der Waals surface area contributed by atoms with Crippen LogP contribution in [0.3, 0.4) is 0 Å². The van der Waals surface area contributed by atoms with E-state index in [2.05, 4.69) is 21.2 Å². The van der Waals surface area contributed by atoms with Crippen molar-refractivity contribution in [3.8, 4) is 23.0 Å². The van der Waals surface area contributed by atoms with Gasteiger partial charge in [0, 0.05) is 17.4 Å². The molecule has 0 bridgehead atoms. The largest absolute Gasteiger partial charge is 0.493 e. The zero-order chi connectivity index (χ0) is 21.1. The average Bonchev–Trinajstić information content (AvgIpc) is 2.73. The van der Waals surface area contributed by atoms with Gasteiger partial charge in [-0.25, -0.2) is 0 Å². The van der Waals surface area contributed by atoms with Gasteiger partial charge >= 0.3 is 0 Å². The second-order valence-corrected chi connectivity index (χ2v) is 7.08. The predicted molar refractivity (Wildman–Crippen MR) is 116 cm³/mol. The van der Waals surface area contributed by atoms with Crippen molar-refractivity contribution in [2.24, 2.45) is 0 Å². The van der Waals surface area contributed by atoms with Crippen LogP contribution in [0.25, 0.3) is 0 Å². The van der Waals surface area contributed by atoms with Gasteiger partial charge in [0.2, 0.25) is 5.91 Å². The van der Waals surface area contributed by atoms with Crippen molar-refractivity contribution in [3.63, 3.8) is 0 Å². The van der Waals surface area contributed by atoms with Crippen LogP contribution in [0.2, 0.25) is 0 Å². The number of rotatable bonds is 12. The molecule has 0 heterocycles. The molecule has 0 spiro atoms. The Morgan fingerprint density at radius 2 is 1.66 bits per heavy atom. The molecule has 1 amide bonds. The van der Waals surface area contributed by atoms with Crippen LogP contribution < -0.4 is 24.3 Å². The molecule has 2 rings (SSSR count). The predicted octanol–water partition coefficient (Wildman–Crippen LogP) is 4.38. The van der Waals surface area contributed by atoms with Crippen molar-refractivity contribution in [3.05, 3.63) is 46.4 Å². The molecule has 0 aliphatic carbocycles. The van der Waals surface area contributed by atoms with E-state index in [1.807, 2.05) is 43.3 Å². The van der Waals surface area contributed by atoms with Crippen molar-refractivity contribution in [2.45, 2.75) is 26.2 Å². The highest BCUT2D eigenvalue weighted by molar-refractivity contribution is 9.10. The maximum absolute atomic E-state index is 12.1. The Kier molecular flexibility index (Phi) is 9.64. The van der Waals surface area contributed by atoms with Gasteiger partial charge < -0.3 is 24.3 Å². The zero-order valence-corrected chi connectivity index (χ0v) is 18.7. The first kappa shape index (κ1) is 22.9. The van der Waals surface area contributed by atoms with Crippen molar-refractivity contribution in [2.75, 3.05) is 34.0 Å². The van der Waals surface area contributed by atoms with Gasteiger partial charge in [0.25, 0.3) is 0 Å². The van der Waals surface area contributed by atoms with Gasteiger partial charge in [0.1, 0.15) is 0 Å². The number of hydrogen-bond donors (Lipinski definition) is 1. The number of carbonyl (C=O) groups excluding carboxylic acids is 1. The van der Waals surface area contributed by atoms with E-state index in [1.54, 1.807) is 14.2 Å². The third-order valence-corrected chi connectivity index (χ3v) is 4.96. The van der Waals surface area contributed by atoms with Crippen molar-refractivity contribution < 1.29 is 23.7 Å². The number of ether oxygens (including phenoxy) is 4. The molecule has 0 aromatic heterocycles. The highest BCUT2D eigenvalue weighted by atomic mass is 79.9. The molecule has 2 aromatic rings. The minimum absolute atomic E-state index is 0.00305. The van der Waals surface area contributed by atoms with E-state index in [1.165, 1.54) is 0 Å². The van der Waals surface area contributed by atoms with Crippen LogP contribution in [-0.2, 0) is 11.2 Å². The van der Waals surface area contributed by atoms with Gasteiger partial charge in [0.05, 0.1) is 27.4 Å². The molecule has 0 aliphatic rings. The van der Waals surface area contributed by atoms with Crippen LogP contribution in [-0.4, -0.2) is 39.9 Å². The van der Waals surface area contributed by atoms with E-state index in [0.29, 0.717) is 56.3 Å². The van der Waals surface area contributed by atoms with E-state index in [-0.39, 0.29) is 5.91 Å². The molecule has 0 aliphatic heterocycles. The lowest BCUT2D eigenvalue weighted by Gasteiger charge is -2.13. The lowest BCUT2D eigenvalue weighted by Crippen LogP contribution is -2.25. The van der Waals surface area contributed by atoms with Crippen molar-refractivity contribution in [1.82, 2.24) is 5.32 Å². The van der Waals surface area contributed by atoms with E-state index in [9.17, 15) is 4.79 Å². The summed E-state index contributed by atoms with van der Waals surface area (Å²) in [6.07, 6.45) is 1.72. The monoisotopic (exact) mass is 465 g/mol. The smallest absolute Gasteiger partial charge is 0.220 e. The molecule has 0 fully saturated rings. The minimum Gasteiger partial charge on any atom is -0.493 e. The number of carbonyl (C=O) groups is 1. The molecule has 0 saturated heterocycles.